The number of methoxy groups -OCH3 is 1. The molecule has 2 unspecified atom stereocenters. The molecule has 1 aliphatic heterocycles. The van der Waals surface area contributed by atoms with Gasteiger partial charge in [-0.2, -0.15) is 0 Å². The summed E-state index contributed by atoms with van der Waals surface area (Å²) in [5.74, 6) is 0.930. The van der Waals surface area contributed by atoms with Crippen molar-refractivity contribution in [2.24, 2.45) is 5.73 Å². The highest BCUT2D eigenvalue weighted by Crippen LogP contribution is 2.15. The van der Waals surface area contributed by atoms with Gasteiger partial charge in [-0.15, -0.1) is 0 Å². The van der Waals surface area contributed by atoms with E-state index in [0.717, 1.165) is 38.2 Å². The Balaban J connectivity index is 1.85. The first-order chi connectivity index (χ1) is 9.71. The number of ether oxygens (including phenoxy) is 1. The van der Waals surface area contributed by atoms with Gasteiger partial charge in [-0.05, 0) is 36.8 Å². The Morgan fingerprint density at radius 3 is 3.05 bits per heavy atom. The van der Waals surface area contributed by atoms with Gasteiger partial charge in [-0.1, -0.05) is 24.1 Å². The van der Waals surface area contributed by atoms with Gasteiger partial charge in [-0.25, -0.2) is 0 Å². The van der Waals surface area contributed by atoms with E-state index < -0.39 is 0 Å². The molecular weight excluding hydrogens is 270 g/mol. The fourth-order valence-corrected chi connectivity index (χ4v) is 3.29. The molecule has 5 heteroatoms. The van der Waals surface area contributed by atoms with E-state index in [-0.39, 0.29) is 6.04 Å². The molecule has 1 aromatic rings. The second-order valence-corrected chi connectivity index (χ2v) is 6.02. The molecule has 112 valence electrons. The van der Waals surface area contributed by atoms with E-state index in [1.807, 2.05) is 12.1 Å². The Morgan fingerprint density at radius 2 is 2.30 bits per heavy atom. The molecule has 3 N–H and O–H groups in total. The molecule has 1 saturated heterocycles. The number of nitrogens with one attached hydrogen (secondary N) is 1. The molecule has 2 atom stereocenters. The second-order valence-electron chi connectivity index (χ2n) is 5.38. The molecule has 0 radical (unpaired) electrons. The monoisotopic (exact) mass is 295 g/mol. The molecule has 0 aromatic heterocycles. The molecule has 4 nitrogen and oxygen atoms in total. The summed E-state index contributed by atoms with van der Waals surface area (Å²) in [4.78, 5) is 2.46. The van der Waals surface area contributed by atoms with Gasteiger partial charge in [0.05, 0.1) is 7.11 Å². The second kappa shape index (κ2) is 7.88. The highest BCUT2D eigenvalue weighted by Gasteiger charge is 2.24. The van der Waals surface area contributed by atoms with Crippen molar-refractivity contribution < 1.29 is 4.74 Å². The molecule has 0 aliphatic carbocycles. The molecule has 20 heavy (non-hydrogen) atoms. The predicted molar refractivity (Wildman–Crippen MR) is 86.2 cm³/mol. The highest BCUT2D eigenvalue weighted by molar-refractivity contribution is 7.96. The number of piperidine rings is 1. The van der Waals surface area contributed by atoms with Gasteiger partial charge in [-0.3, -0.25) is 9.62 Å². The molecule has 0 saturated carbocycles. The van der Waals surface area contributed by atoms with Crippen LogP contribution in [0.3, 0.4) is 0 Å². The van der Waals surface area contributed by atoms with E-state index in [1.165, 1.54) is 5.56 Å². The van der Waals surface area contributed by atoms with Crippen molar-refractivity contribution in [1.82, 2.24) is 9.62 Å². The zero-order valence-corrected chi connectivity index (χ0v) is 13.2. The zero-order valence-electron chi connectivity index (χ0n) is 12.3. The van der Waals surface area contributed by atoms with Crippen molar-refractivity contribution in [2.75, 3.05) is 33.0 Å². The topological polar surface area (TPSA) is 50.5 Å². The van der Waals surface area contributed by atoms with Gasteiger partial charge in [0.1, 0.15) is 5.75 Å². The van der Waals surface area contributed by atoms with Gasteiger partial charge in [0.15, 0.2) is 0 Å². The van der Waals surface area contributed by atoms with Gasteiger partial charge >= 0.3 is 0 Å². The van der Waals surface area contributed by atoms with Crippen molar-refractivity contribution >= 4 is 11.9 Å². The number of nitrogens with two attached hydrogens (primary N) is 1. The van der Waals surface area contributed by atoms with Crippen LogP contribution in [0.4, 0.5) is 0 Å². The van der Waals surface area contributed by atoms with Crippen LogP contribution in [0.1, 0.15) is 12.0 Å². The lowest BCUT2D eigenvalue weighted by Gasteiger charge is -2.36. The smallest absolute Gasteiger partial charge is 0.119 e. The minimum atomic E-state index is 0.277. The standard InChI is InChI=1S/C15H25N3OS/c1-19-15-5-3-4-12(8-15)6-7-18-10-13(16)9-14(11-18)17-20-2/h3-5,8,13-14,17H,6-7,9-11,16H2,1-2H3. The van der Waals surface area contributed by atoms with E-state index in [4.69, 9.17) is 10.5 Å². The van der Waals surface area contributed by atoms with Crippen molar-refractivity contribution in [3.63, 3.8) is 0 Å². The lowest BCUT2D eigenvalue weighted by molar-refractivity contribution is 0.187. The summed E-state index contributed by atoms with van der Waals surface area (Å²) in [6, 6.07) is 9.08. The minimum absolute atomic E-state index is 0.277. The number of rotatable bonds is 6. The maximum atomic E-state index is 6.15. The van der Waals surface area contributed by atoms with Crippen LogP contribution in [0.15, 0.2) is 24.3 Å². The molecular formula is C15H25N3OS. The molecule has 2 rings (SSSR count). The van der Waals surface area contributed by atoms with Crippen molar-refractivity contribution in [1.29, 1.82) is 0 Å². The van der Waals surface area contributed by atoms with Crippen LogP contribution < -0.4 is 15.2 Å². The van der Waals surface area contributed by atoms with Crippen LogP contribution in [0, 0.1) is 0 Å². The van der Waals surface area contributed by atoms with E-state index in [0.29, 0.717) is 6.04 Å². The summed E-state index contributed by atoms with van der Waals surface area (Å²) in [7, 11) is 1.71. The quantitative estimate of drug-likeness (QED) is 0.779. The molecule has 0 amide bonds. The summed E-state index contributed by atoms with van der Waals surface area (Å²) in [5, 5.41) is 0. The summed E-state index contributed by atoms with van der Waals surface area (Å²) in [6.45, 7) is 3.13. The van der Waals surface area contributed by atoms with Gasteiger partial charge < -0.3 is 10.5 Å². The average Bonchev–Trinajstić information content (AvgIpc) is 2.45. The maximum absolute atomic E-state index is 6.15. The molecule has 1 aromatic carbocycles. The zero-order chi connectivity index (χ0) is 14.4. The number of benzene rings is 1. The first-order valence-corrected chi connectivity index (χ1v) is 8.33. The van der Waals surface area contributed by atoms with Crippen LogP contribution in [-0.2, 0) is 6.42 Å². The first-order valence-electron chi connectivity index (χ1n) is 7.10. The van der Waals surface area contributed by atoms with Crippen LogP contribution in [0.5, 0.6) is 5.75 Å². The predicted octanol–water partition coefficient (Wildman–Crippen LogP) is 1.51. The third-order valence-electron chi connectivity index (χ3n) is 3.69. The Labute approximate surface area is 126 Å². The van der Waals surface area contributed by atoms with Crippen molar-refractivity contribution in [3.05, 3.63) is 29.8 Å². The van der Waals surface area contributed by atoms with E-state index in [1.54, 1.807) is 19.1 Å². The molecule has 1 aliphatic rings. The molecule has 1 heterocycles. The third-order valence-corrected chi connectivity index (χ3v) is 4.26. The Hall–Kier alpha value is -0.750. The van der Waals surface area contributed by atoms with Crippen molar-refractivity contribution in [2.45, 2.75) is 24.9 Å². The van der Waals surface area contributed by atoms with Gasteiger partial charge in [0.25, 0.3) is 0 Å². The fraction of sp³-hybridized carbons (Fsp3) is 0.600. The summed E-state index contributed by atoms with van der Waals surface area (Å²) >= 11 is 1.68. The molecule has 1 fully saturated rings. The Bertz CT molecular complexity index is 416. The summed E-state index contributed by atoms with van der Waals surface area (Å²) in [6.07, 6.45) is 4.17. The lowest BCUT2D eigenvalue weighted by atomic mass is 10.0. The first kappa shape index (κ1) is 15.6. The lowest BCUT2D eigenvalue weighted by Crippen LogP contribution is -2.52. The van der Waals surface area contributed by atoms with Crippen LogP contribution in [-0.4, -0.2) is 50.0 Å². The number of hydrogen-bond donors (Lipinski definition) is 2. The molecule has 0 spiro atoms. The van der Waals surface area contributed by atoms with Crippen molar-refractivity contribution in [3.8, 4) is 5.75 Å². The number of nitrogens with zero attached hydrogens (tertiary/aromatic N) is 1. The van der Waals surface area contributed by atoms with E-state index in [2.05, 4.69) is 28.0 Å². The molecule has 0 bridgehead atoms. The van der Waals surface area contributed by atoms with Crippen LogP contribution >= 0.6 is 11.9 Å². The van der Waals surface area contributed by atoms with Gasteiger partial charge in [0, 0.05) is 31.7 Å². The average molecular weight is 295 g/mol. The van der Waals surface area contributed by atoms with Crippen LogP contribution in [0.25, 0.3) is 0 Å². The van der Waals surface area contributed by atoms with Gasteiger partial charge in [0.2, 0.25) is 0 Å². The largest absolute Gasteiger partial charge is 0.497 e. The summed E-state index contributed by atoms with van der Waals surface area (Å²) < 4.78 is 8.70. The SMILES string of the molecule is COc1cccc(CCN2CC(N)CC(NSC)C2)c1. The van der Waals surface area contributed by atoms with E-state index >= 15 is 0 Å². The normalized spacial score (nSPS) is 23.8. The number of hydrogen-bond acceptors (Lipinski definition) is 5. The van der Waals surface area contributed by atoms with Crippen LogP contribution in [0.2, 0.25) is 0 Å². The Morgan fingerprint density at radius 1 is 1.45 bits per heavy atom. The summed E-state index contributed by atoms with van der Waals surface area (Å²) in [5.41, 5.74) is 7.47. The number of likely N-dealkylation sites (tertiary alicyclic amines) is 1. The third kappa shape index (κ3) is 4.66. The van der Waals surface area contributed by atoms with E-state index in [9.17, 15) is 0 Å². The Kier molecular flexibility index (Phi) is 6.16. The maximum Gasteiger partial charge on any atom is 0.119 e. The fourth-order valence-electron chi connectivity index (χ4n) is 2.78. The highest BCUT2D eigenvalue weighted by atomic mass is 32.2. The minimum Gasteiger partial charge on any atom is -0.497 e.